The van der Waals surface area contributed by atoms with E-state index in [-0.39, 0.29) is 5.78 Å². The minimum atomic E-state index is -1.00. The van der Waals surface area contributed by atoms with Crippen molar-refractivity contribution in [1.29, 1.82) is 0 Å². The van der Waals surface area contributed by atoms with Crippen molar-refractivity contribution >= 4 is 5.78 Å². The third-order valence-corrected chi connectivity index (χ3v) is 3.38. The average Bonchev–Trinajstić information content (AvgIpc) is 2.50. The van der Waals surface area contributed by atoms with E-state index in [4.69, 9.17) is 4.74 Å². The fraction of sp³-hybridized carbons (Fsp3) is 0.278. The molecule has 2 nitrogen and oxygen atoms in total. The highest BCUT2D eigenvalue weighted by Gasteiger charge is 2.40. The van der Waals surface area contributed by atoms with E-state index in [1.54, 1.807) is 6.92 Å². The lowest BCUT2D eigenvalue weighted by Gasteiger charge is -2.32. The molecule has 0 N–H and O–H groups in total. The number of hydrogen-bond acceptors (Lipinski definition) is 2. The molecule has 0 fully saturated rings. The lowest BCUT2D eigenvalue weighted by atomic mass is 9.83. The molecule has 0 amide bonds. The zero-order chi connectivity index (χ0) is 14.4. The van der Waals surface area contributed by atoms with Gasteiger partial charge in [0, 0.05) is 6.61 Å². The van der Waals surface area contributed by atoms with Crippen LogP contribution in [-0.2, 0) is 15.1 Å². The molecule has 0 saturated heterocycles. The lowest BCUT2D eigenvalue weighted by Crippen LogP contribution is -2.38. The van der Waals surface area contributed by atoms with Crippen LogP contribution in [0.1, 0.15) is 31.4 Å². The normalized spacial score (nSPS) is 11.3. The zero-order valence-corrected chi connectivity index (χ0v) is 12.0. The molecule has 0 aromatic heterocycles. The Labute approximate surface area is 120 Å². The minimum Gasteiger partial charge on any atom is -0.358 e. The summed E-state index contributed by atoms with van der Waals surface area (Å²) in [6.07, 6.45) is 0.870. The van der Waals surface area contributed by atoms with Crippen LogP contribution in [0, 0.1) is 0 Å². The van der Waals surface area contributed by atoms with E-state index >= 15 is 0 Å². The Morgan fingerprint density at radius 3 is 1.75 bits per heavy atom. The molecule has 20 heavy (non-hydrogen) atoms. The first kappa shape index (κ1) is 14.5. The molecule has 0 aliphatic carbocycles. The number of rotatable bonds is 6. The summed E-state index contributed by atoms with van der Waals surface area (Å²) in [5.74, 6) is 0.00310. The number of benzene rings is 2. The first-order chi connectivity index (χ1) is 9.71. The average molecular weight is 268 g/mol. The second-order valence-electron chi connectivity index (χ2n) is 4.82. The summed E-state index contributed by atoms with van der Waals surface area (Å²) in [4.78, 5) is 12.4. The minimum absolute atomic E-state index is 0.00310. The van der Waals surface area contributed by atoms with Crippen LogP contribution in [0.25, 0.3) is 0 Å². The molecule has 0 aliphatic rings. The first-order valence-corrected chi connectivity index (χ1v) is 6.98. The molecule has 0 atom stereocenters. The van der Waals surface area contributed by atoms with Crippen LogP contribution in [0.15, 0.2) is 60.7 Å². The van der Waals surface area contributed by atoms with E-state index in [1.807, 2.05) is 67.6 Å². The second kappa shape index (κ2) is 6.49. The van der Waals surface area contributed by atoms with Crippen LogP contribution < -0.4 is 0 Å². The predicted octanol–water partition coefficient (Wildman–Crippen LogP) is 3.95. The highest BCUT2D eigenvalue weighted by atomic mass is 16.5. The Morgan fingerprint density at radius 1 is 0.950 bits per heavy atom. The van der Waals surface area contributed by atoms with Crippen molar-refractivity contribution in [2.75, 3.05) is 6.61 Å². The molecule has 0 saturated carbocycles. The van der Waals surface area contributed by atoms with Gasteiger partial charge in [0.05, 0.1) is 0 Å². The van der Waals surface area contributed by atoms with Gasteiger partial charge in [0.25, 0.3) is 0 Å². The molecule has 2 heteroatoms. The van der Waals surface area contributed by atoms with Crippen molar-refractivity contribution in [3.63, 3.8) is 0 Å². The smallest absolute Gasteiger partial charge is 0.176 e. The number of carbonyl (C=O) groups excluding carboxylic acids is 1. The monoisotopic (exact) mass is 268 g/mol. The van der Waals surface area contributed by atoms with Crippen LogP contribution in [0.5, 0.6) is 0 Å². The second-order valence-corrected chi connectivity index (χ2v) is 4.82. The fourth-order valence-corrected chi connectivity index (χ4v) is 2.44. The maximum atomic E-state index is 12.4. The molecule has 0 spiro atoms. The van der Waals surface area contributed by atoms with Crippen molar-refractivity contribution in [3.8, 4) is 0 Å². The van der Waals surface area contributed by atoms with Crippen LogP contribution >= 0.6 is 0 Å². The molecule has 2 aromatic rings. The Morgan fingerprint density at radius 2 is 1.40 bits per heavy atom. The Bertz CT molecular complexity index is 507. The van der Waals surface area contributed by atoms with Gasteiger partial charge in [0.2, 0.25) is 0 Å². The van der Waals surface area contributed by atoms with Crippen LogP contribution in [0.4, 0.5) is 0 Å². The third kappa shape index (κ3) is 2.66. The largest absolute Gasteiger partial charge is 0.358 e. The summed E-state index contributed by atoms with van der Waals surface area (Å²) >= 11 is 0. The maximum Gasteiger partial charge on any atom is 0.176 e. The van der Waals surface area contributed by atoms with Gasteiger partial charge in [-0.15, -0.1) is 0 Å². The molecule has 2 aromatic carbocycles. The van der Waals surface area contributed by atoms with Crippen molar-refractivity contribution in [2.24, 2.45) is 0 Å². The number of ether oxygens (including phenoxy) is 1. The molecule has 104 valence electrons. The molecule has 0 unspecified atom stereocenters. The highest BCUT2D eigenvalue weighted by Crippen LogP contribution is 2.34. The van der Waals surface area contributed by atoms with E-state index in [2.05, 4.69) is 0 Å². The van der Waals surface area contributed by atoms with Crippen molar-refractivity contribution in [2.45, 2.75) is 25.9 Å². The molecule has 0 aliphatic heterocycles. The summed E-state index contributed by atoms with van der Waals surface area (Å²) in [6, 6.07) is 19.4. The van der Waals surface area contributed by atoms with Gasteiger partial charge in [-0.2, -0.15) is 0 Å². The number of Topliss-reactive ketones (excluding diaryl/α,β-unsaturated/α-hetero) is 1. The highest BCUT2D eigenvalue weighted by molar-refractivity contribution is 5.90. The van der Waals surface area contributed by atoms with Gasteiger partial charge in [-0.1, -0.05) is 67.6 Å². The van der Waals surface area contributed by atoms with Crippen molar-refractivity contribution in [3.05, 3.63) is 71.8 Å². The van der Waals surface area contributed by atoms with E-state index in [9.17, 15) is 4.79 Å². The predicted molar refractivity (Wildman–Crippen MR) is 80.6 cm³/mol. The number of carbonyl (C=O) groups is 1. The van der Waals surface area contributed by atoms with Crippen LogP contribution in [0.2, 0.25) is 0 Å². The Kier molecular flexibility index (Phi) is 4.70. The topological polar surface area (TPSA) is 26.3 Å². The summed E-state index contributed by atoms with van der Waals surface area (Å²) < 4.78 is 6.06. The molecule has 0 radical (unpaired) electrons. The van der Waals surface area contributed by atoms with E-state index < -0.39 is 5.60 Å². The number of hydrogen-bond donors (Lipinski definition) is 0. The lowest BCUT2D eigenvalue weighted by molar-refractivity contribution is -0.138. The quantitative estimate of drug-likeness (QED) is 0.793. The zero-order valence-electron chi connectivity index (χ0n) is 12.0. The van der Waals surface area contributed by atoms with E-state index in [1.165, 1.54) is 0 Å². The van der Waals surface area contributed by atoms with Crippen LogP contribution in [-0.4, -0.2) is 12.4 Å². The first-order valence-electron chi connectivity index (χ1n) is 6.98. The Hall–Kier alpha value is -1.93. The maximum absolute atomic E-state index is 12.4. The van der Waals surface area contributed by atoms with Gasteiger partial charge in [0.1, 0.15) is 0 Å². The van der Waals surface area contributed by atoms with Gasteiger partial charge in [0.15, 0.2) is 11.4 Å². The van der Waals surface area contributed by atoms with E-state index in [0.717, 1.165) is 17.5 Å². The van der Waals surface area contributed by atoms with Gasteiger partial charge >= 0.3 is 0 Å². The fourth-order valence-electron chi connectivity index (χ4n) is 2.44. The molecule has 2 rings (SSSR count). The van der Waals surface area contributed by atoms with Crippen molar-refractivity contribution in [1.82, 2.24) is 0 Å². The standard InChI is InChI=1S/C18H20O2/c1-3-14-20-18(15(2)19,16-10-6-4-7-11-16)17-12-8-5-9-13-17/h4-13H,3,14H2,1-2H3. The molecular weight excluding hydrogens is 248 g/mol. The summed E-state index contributed by atoms with van der Waals surface area (Å²) in [5.41, 5.74) is 0.762. The van der Waals surface area contributed by atoms with Gasteiger partial charge in [-0.3, -0.25) is 4.79 Å². The summed E-state index contributed by atoms with van der Waals surface area (Å²) in [6.45, 7) is 4.18. The van der Waals surface area contributed by atoms with Gasteiger partial charge in [-0.25, -0.2) is 0 Å². The molecule has 0 bridgehead atoms. The summed E-state index contributed by atoms with van der Waals surface area (Å²) in [5, 5.41) is 0. The number of ketones is 1. The van der Waals surface area contributed by atoms with E-state index in [0.29, 0.717) is 6.61 Å². The van der Waals surface area contributed by atoms with Crippen molar-refractivity contribution < 1.29 is 9.53 Å². The van der Waals surface area contributed by atoms with Gasteiger partial charge < -0.3 is 4.74 Å². The summed E-state index contributed by atoms with van der Waals surface area (Å²) in [7, 11) is 0. The molecular formula is C18H20O2. The SMILES string of the molecule is CCCOC(C(C)=O)(c1ccccc1)c1ccccc1. The third-order valence-electron chi connectivity index (χ3n) is 3.38. The van der Waals surface area contributed by atoms with Crippen LogP contribution in [0.3, 0.4) is 0 Å². The Balaban J connectivity index is 2.60. The molecule has 0 heterocycles. The van der Waals surface area contributed by atoms with Gasteiger partial charge in [-0.05, 0) is 24.5 Å².